The number of thiophene rings is 1. The number of aromatic nitrogens is 3. The van der Waals surface area contributed by atoms with Gasteiger partial charge in [-0.1, -0.05) is 6.07 Å². The molecule has 15 heavy (non-hydrogen) atoms. The summed E-state index contributed by atoms with van der Waals surface area (Å²) in [7, 11) is 0. The first-order valence-corrected chi connectivity index (χ1v) is 5.41. The van der Waals surface area contributed by atoms with E-state index < -0.39 is 0 Å². The zero-order chi connectivity index (χ0) is 10.3. The predicted octanol–water partition coefficient (Wildman–Crippen LogP) is 3.00. The van der Waals surface area contributed by atoms with Crippen LogP contribution in [0.3, 0.4) is 0 Å². The van der Waals surface area contributed by atoms with Crippen LogP contribution >= 0.6 is 22.9 Å². The predicted molar refractivity (Wildman–Crippen MR) is 57.9 cm³/mol. The molecule has 3 rings (SSSR count). The van der Waals surface area contributed by atoms with Gasteiger partial charge in [0.15, 0.2) is 0 Å². The fraction of sp³-hybridized carbons (Fsp3) is 0. The van der Waals surface area contributed by atoms with Crippen LogP contribution in [0.5, 0.6) is 0 Å². The van der Waals surface area contributed by atoms with Gasteiger partial charge in [0.2, 0.25) is 11.2 Å². The fourth-order valence-corrected chi connectivity index (χ4v) is 2.00. The van der Waals surface area contributed by atoms with Crippen molar-refractivity contribution in [2.24, 2.45) is 0 Å². The number of oxazole rings is 1. The summed E-state index contributed by atoms with van der Waals surface area (Å²) in [6.45, 7) is 0. The number of halogens is 1. The number of hydrogen-bond donors (Lipinski definition) is 0. The third kappa shape index (κ3) is 1.49. The number of fused-ring (bicyclic) bond motifs is 1. The van der Waals surface area contributed by atoms with Gasteiger partial charge in [0, 0.05) is 0 Å². The average Bonchev–Trinajstić information content (AvgIpc) is 2.84. The Bertz CT molecular complexity index is 605. The molecule has 0 spiro atoms. The molecule has 0 aliphatic heterocycles. The lowest BCUT2D eigenvalue weighted by Gasteiger charge is -1.85. The first kappa shape index (κ1) is 8.82. The zero-order valence-electron chi connectivity index (χ0n) is 7.35. The van der Waals surface area contributed by atoms with Gasteiger partial charge < -0.3 is 4.42 Å². The van der Waals surface area contributed by atoms with E-state index in [1.807, 2.05) is 17.5 Å². The van der Waals surface area contributed by atoms with Crippen LogP contribution in [-0.2, 0) is 0 Å². The van der Waals surface area contributed by atoms with E-state index in [4.69, 9.17) is 16.0 Å². The van der Waals surface area contributed by atoms with Crippen molar-refractivity contribution in [3.63, 3.8) is 0 Å². The van der Waals surface area contributed by atoms with Crippen LogP contribution in [-0.4, -0.2) is 15.0 Å². The van der Waals surface area contributed by atoms with Crippen molar-refractivity contribution in [1.29, 1.82) is 0 Å². The summed E-state index contributed by atoms with van der Waals surface area (Å²) in [6, 6.07) is 3.87. The zero-order valence-corrected chi connectivity index (χ0v) is 8.92. The summed E-state index contributed by atoms with van der Waals surface area (Å²) in [5.41, 5.74) is 1.03. The Hall–Kier alpha value is -1.46. The van der Waals surface area contributed by atoms with E-state index in [2.05, 4.69) is 15.0 Å². The molecule has 0 bridgehead atoms. The van der Waals surface area contributed by atoms with Crippen LogP contribution in [0.2, 0.25) is 5.28 Å². The van der Waals surface area contributed by atoms with Crippen molar-refractivity contribution in [3.05, 3.63) is 29.0 Å². The lowest BCUT2D eigenvalue weighted by molar-refractivity contribution is 0.609. The van der Waals surface area contributed by atoms with Gasteiger partial charge >= 0.3 is 0 Å². The van der Waals surface area contributed by atoms with Crippen LogP contribution in [0, 0.1) is 0 Å². The molecule has 3 aromatic rings. The van der Waals surface area contributed by atoms with E-state index >= 15 is 0 Å². The minimum absolute atomic E-state index is 0.163. The molecule has 74 valence electrons. The van der Waals surface area contributed by atoms with Gasteiger partial charge in [0.25, 0.3) is 5.71 Å². The standard InChI is InChI=1S/C9H4ClN3OS/c10-9-11-4-5-7(13-9)14-8(12-5)6-2-1-3-15-6/h1-4H. The van der Waals surface area contributed by atoms with Gasteiger partial charge in [-0.25, -0.2) is 9.97 Å². The lowest BCUT2D eigenvalue weighted by Crippen LogP contribution is -1.79. The van der Waals surface area contributed by atoms with Gasteiger partial charge in [-0.2, -0.15) is 4.98 Å². The van der Waals surface area contributed by atoms with E-state index in [0.29, 0.717) is 17.1 Å². The first-order valence-electron chi connectivity index (χ1n) is 4.16. The maximum atomic E-state index is 5.65. The van der Waals surface area contributed by atoms with Crippen molar-refractivity contribution < 1.29 is 4.42 Å². The minimum atomic E-state index is 0.163. The Morgan fingerprint density at radius 3 is 3.07 bits per heavy atom. The van der Waals surface area contributed by atoms with E-state index in [-0.39, 0.29) is 5.28 Å². The van der Waals surface area contributed by atoms with Crippen molar-refractivity contribution in [3.8, 4) is 10.8 Å². The van der Waals surface area contributed by atoms with E-state index in [1.165, 1.54) is 0 Å². The van der Waals surface area contributed by atoms with Crippen molar-refractivity contribution in [2.45, 2.75) is 0 Å². The number of nitrogens with zero attached hydrogens (tertiary/aromatic N) is 3. The molecule has 0 aromatic carbocycles. The molecule has 0 radical (unpaired) electrons. The maximum Gasteiger partial charge on any atom is 0.251 e. The van der Waals surface area contributed by atoms with E-state index in [0.717, 1.165) is 4.88 Å². The second kappa shape index (κ2) is 3.29. The quantitative estimate of drug-likeness (QED) is 0.611. The second-order valence-corrected chi connectivity index (χ2v) is 4.11. The summed E-state index contributed by atoms with van der Waals surface area (Å²) in [5.74, 6) is 0.552. The normalized spacial score (nSPS) is 11.0. The largest absolute Gasteiger partial charge is 0.417 e. The molecular weight excluding hydrogens is 234 g/mol. The summed E-state index contributed by atoms with van der Waals surface area (Å²) in [6.07, 6.45) is 1.55. The third-order valence-corrected chi connectivity index (χ3v) is 2.89. The Kier molecular flexibility index (Phi) is 1.93. The molecular formula is C9H4ClN3OS. The molecule has 0 amide bonds. The minimum Gasteiger partial charge on any atom is -0.417 e. The molecule has 3 heterocycles. The van der Waals surface area contributed by atoms with E-state index in [9.17, 15) is 0 Å². The van der Waals surface area contributed by atoms with Crippen LogP contribution in [0.4, 0.5) is 0 Å². The molecule has 6 heteroatoms. The monoisotopic (exact) mass is 237 g/mol. The van der Waals surface area contributed by atoms with Gasteiger partial charge in [-0.15, -0.1) is 11.3 Å². The van der Waals surface area contributed by atoms with Gasteiger partial charge in [-0.05, 0) is 23.0 Å². The van der Waals surface area contributed by atoms with Gasteiger partial charge in [0.05, 0.1) is 11.1 Å². The third-order valence-electron chi connectivity index (χ3n) is 1.85. The SMILES string of the molecule is Clc1ncc2nc(-c3cccs3)oc2n1. The van der Waals surface area contributed by atoms with E-state index in [1.54, 1.807) is 17.5 Å². The molecule has 0 fully saturated rings. The van der Waals surface area contributed by atoms with Crippen molar-refractivity contribution in [1.82, 2.24) is 15.0 Å². The number of rotatable bonds is 1. The molecule has 0 unspecified atom stereocenters. The highest BCUT2D eigenvalue weighted by molar-refractivity contribution is 7.13. The van der Waals surface area contributed by atoms with Crippen LogP contribution in [0.25, 0.3) is 22.0 Å². The molecule has 4 nitrogen and oxygen atoms in total. The highest BCUT2D eigenvalue weighted by Crippen LogP contribution is 2.26. The first-order chi connectivity index (χ1) is 7.33. The summed E-state index contributed by atoms with van der Waals surface area (Å²) < 4.78 is 5.46. The topological polar surface area (TPSA) is 51.8 Å². The molecule has 0 N–H and O–H groups in total. The average molecular weight is 238 g/mol. The van der Waals surface area contributed by atoms with Crippen LogP contribution < -0.4 is 0 Å². The molecule has 0 saturated carbocycles. The molecule has 0 saturated heterocycles. The maximum absolute atomic E-state index is 5.65. The van der Waals surface area contributed by atoms with Crippen LogP contribution in [0.15, 0.2) is 28.1 Å². The second-order valence-electron chi connectivity index (χ2n) is 2.83. The smallest absolute Gasteiger partial charge is 0.251 e. The fourth-order valence-electron chi connectivity index (χ4n) is 1.22. The van der Waals surface area contributed by atoms with Crippen LogP contribution in [0.1, 0.15) is 0 Å². The number of hydrogen-bond acceptors (Lipinski definition) is 5. The van der Waals surface area contributed by atoms with Crippen molar-refractivity contribution in [2.75, 3.05) is 0 Å². The Morgan fingerprint density at radius 1 is 1.33 bits per heavy atom. The molecule has 0 aliphatic rings. The summed E-state index contributed by atoms with van der Waals surface area (Å²) in [5, 5.41) is 2.12. The Balaban J connectivity index is 2.22. The molecule has 0 atom stereocenters. The lowest BCUT2D eigenvalue weighted by atomic mass is 10.5. The molecule has 0 aliphatic carbocycles. The Labute approximate surface area is 93.6 Å². The summed E-state index contributed by atoms with van der Waals surface area (Å²) in [4.78, 5) is 13.0. The summed E-state index contributed by atoms with van der Waals surface area (Å²) >= 11 is 7.20. The van der Waals surface area contributed by atoms with Crippen molar-refractivity contribution >= 4 is 34.2 Å². The highest BCUT2D eigenvalue weighted by atomic mass is 35.5. The van der Waals surface area contributed by atoms with Gasteiger partial charge in [-0.3, -0.25) is 0 Å². The molecule has 3 aromatic heterocycles. The highest BCUT2D eigenvalue weighted by Gasteiger charge is 2.10. The van der Waals surface area contributed by atoms with Gasteiger partial charge in [0.1, 0.15) is 5.52 Å². The Morgan fingerprint density at radius 2 is 2.27 bits per heavy atom.